The summed E-state index contributed by atoms with van der Waals surface area (Å²) in [7, 11) is 0. The van der Waals surface area contributed by atoms with E-state index in [4.69, 9.17) is 4.52 Å². The van der Waals surface area contributed by atoms with E-state index in [-0.39, 0.29) is 11.7 Å². The minimum absolute atomic E-state index is 0.155. The number of pyridine rings is 1. The van der Waals surface area contributed by atoms with Crippen LogP contribution in [0.25, 0.3) is 0 Å². The molecule has 0 bridgehead atoms. The van der Waals surface area contributed by atoms with Crippen LogP contribution in [0.4, 0.5) is 0 Å². The Labute approximate surface area is 132 Å². The summed E-state index contributed by atoms with van der Waals surface area (Å²) in [4.78, 5) is 19.7. The van der Waals surface area contributed by atoms with Gasteiger partial charge in [0.1, 0.15) is 0 Å². The summed E-state index contributed by atoms with van der Waals surface area (Å²) >= 11 is 1.69. The summed E-state index contributed by atoms with van der Waals surface area (Å²) in [5.41, 5.74) is 0.988. The van der Waals surface area contributed by atoms with Crippen molar-refractivity contribution in [1.82, 2.24) is 15.0 Å². The highest BCUT2D eigenvalue weighted by Crippen LogP contribution is 2.13. The fraction of sp³-hybridized carbons (Fsp3) is 0.188. The highest BCUT2D eigenvalue weighted by molar-refractivity contribution is 7.09. The first-order valence-electron chi connectivity index (χ1n) is 6.94. The van der Waals surface area contributed by atoms with E-state index >= 15 is 0 Å². The minimum Gasteiger partial charge on any atom is -0.351 e. The molecule has 0 unspecified atom stereocenters. The molecule has 22 heavy (non-hydrogen) atoms. The van der Waals surface area contributed by atoms with Crippen LogP contribution in [-0.4, -0.2) is 27.5 Å². The zero-order valence-electron chi connectivity index (χ0n) is 11.9. The quantitative estimate of drug-likeness (QED) is 0.702. The van der Waals surface area contributed by atoms with Gasteiger partial charge in [-0.2, -0.15) is 0 Å². The second-order valence-electron chi connectivity index (χ2n) is 4.79. The molecule has 3 aromatic rings. The number of carbonyl (C=O) groups is 1. The lowest BCUT2D eigenvalue weighted by Crippen LogP contribution is -2.32. The molecule has 3 rings (SSSR count). The van der Waals surface area contributed by atoms with Gasteiger partial charge in [0.25, 0.3) is 5.91 Å². The van der Waals surface area contributed by atoms with E-state index < -0.39 is 0 Å². The van der Waals surface area contributed by atoms with Gasteiger partial charge in [-0.25, -0.2) is 0 Å². The molecule has 0 aliphatic rings. The van der Waals surface area contributed by atoms with Crippen molar-refractivity contribution in [3.8, 4) is 0 Å². The van der Waals surface area contributed by atoms with E-state index in [2.05, 4.69) is 16.2 Å². The minimum atomic E-state index is -0.155. The normalized spacial score (nSPS) is 10.5. The van der Waals surface area contributed by atoms with Gasteiger partial charge in [0.15, 0.2) is 0 Å². The third kappa shape index (κ3) is 3.59. The van der Waals surface area contributed by atoms with Crippen molar-refractivity contribution in [2.75, 3.05) is 6.54 Å². The van der Waals surface area contributed by atoms with Crippen molar-refractivity contribution in [3.63, 3.8) is 0 Å². The summed E-state index contributed by atoms with van der Waals surface area (Å²) in [5.74, 6) is 0.105. The second-order valence-corrected chi connectivity index (χ2v) is 5.83. The van der Waals surface area contributed by atoms with Gasteiger partial charge in [-0.3, -0.25) is 9.78 Å². The Morgan fingerprint density at radius 3 is 2.86 bits per heavy atom. The number of rotatable bonds is 6. The Hall–Kier alpha value is -2.47. The lowest BCUT2D eigenvalue weighted by molar-refractivity contribution is 0.0703. The lowest BCUT2D eigenvalue weighted by atomic mass is 10.2. The molecule has 0 saturated carbocycles. The maximum Gasteiger partial charge on any atom is 0.292 e. The van der Waals surface area contributed by atoms with Gasteiger partial charge in [-0.15, -0.1) is 11.3 Å². The van der Waals surface area contributed by atoms with E-state index in [1.807, 2.05) is 23.6 Å². The van der Waals surface area contributed by atoms with Crippen LogP contribution in [0.5, 0.6) is 0 Å². The van der Waals surface area contributed by atoms with Crippen LogP contribution in [0, 0.1) is 0 Å². The van der Waals surface area contributed by atoms with Crippen LogP contribution >= 0.6 is 11.3 Å². The number of hydrogen-bond acceptors (Lipinski definition) is 5. The van der Waals surface area contributed by atoms with Crippen LogP contribution in [0.2, 0.25) is 0 Å². The summed E-state index contributed by atoms with van der Waals surface area (Å²) in [6, 6.07) is 9.50. The summed E-state index contributed by atoms with van der Waals surface area (Å²) in [6.45, 7) is 1.12. The first-order chi connectivity index (χ1) is 10.8. The summed E-state index contributed by atoms with van der Waals surface area (Å²) in [5, 5.41) is 5.65. The molecule has 3 heterocycles. The zero-order chi connectivity index (χ0) is 15.2. The van der Waals surface area contributed by atoms with E-state index in [1.165, 1.54) is 11.1 Å². The molecule has 1 amide bonds. The van der Waals surface area contributed by atoms with Gasteiger partial charge in [0.2, 0.25) is 5.76 Å². The van der Waals surface area contributed by atoms with Crippen LogP contribution in [0.15, 0.2) is 58.8 Å². The average molecular weight is 313 g/mol. The molecule has 0 aliphatic carbocycles. The molecule has 112 valence electrons. The number of amides is 1. The van der Waals surface area contributed by atoms with Gasteiger partial charge in [0, 0.05) is 36.4 Å². The average Bonchev–Trinajstić information content (AvgIpc) is 3.25. The lowest BCUT2D eigenvalue weighted by Gasteiger charge is -2.21. The zero-order valence-corrected chi connectivity index (χ0v) is 12.7. The molecule has 0 radical (unpaired) electrons. The highest BCUT2D eigenvalue weighted by atomic mass is 32.1. The Morgan fingerprint density at radius 2 is 2.18 bits per heavy atom. The van der Waals surface area contributed by atoms with Crippen molar-refractivity contribution >= 4 is 17.2 Å². The van der Waals surface area contributed by atoms with Crippen molar-refractivity contribution in [2.24, 2.45) is 0 Å². The smallest absolute Gasteiger partial charge is 0.292 e. The first kappa shape index (κ1) is 14.5. The first-order valence-corrected chi connectivity index (χ1v) is 7.82. The molecule has 0 atom stereocenters. The third-order valence-corrected chi connectivity index (χ3v) is 4.18. The maximum absolute atomic E-state index is 12.5. The molecular weight excluding hydrogens is 298 g/mol. The third-order valence-electron chi connectivity index (χ3n) is 3.24. The Balaban J connectivity index is 1.74. The monoisotopic (exact) mass is 313 g/mol. The van der Waals surface area contributed by atoms with Crippen molar-refractivity contribution in [3.05, 3.63) is 70.5 Å². The van der Waals surface area contributed by atoms with Gasteiger partial charge in [0.05, 0.1) is 6.20 Å². The largest absolute Gasteiger partial charge is 0.351 e. The van der Waals surface area contributed by atoms with E-state index in [1.54, 1.807) is 34.7 Å². The number of carbonyl (C=O) groups excluding carboxylic acids is 1. The standard InChI is InChI=1S/C16H15N3O2S/c20-16(15-5-8-18-21-15)19(9-6-14-4-2-10-22-14)12-13-3-1-7-17-11-13/h1-5,7-8,10-11H,6,9,12H2. The van der Waals surface area contributed by atoms with Crippen LogP contribution < -0.4 is 0 Å². The van der Waals surface area contributed by atoms with Gasteiger partial charge < -0.3 is 9.42 Å². The molecule has 0 saturated heterocycles. The topological polar surface area (TPSA) is 59.2 Å². The van der Waals surface area contributed by atoms with Gasteiger partial charge in [-0.05, 0) is 29.5 Å². The fourth-order valence-corrected chi connectivity index (χ4v) is 2.84. The van der Waals surface area contributed by atoms with Crippen molar-refractivity contribution < 1.29 is 9.32 Å². The summed E-state index contributed by atoms with van der Waals surface area (Å²) < 4.78 is 5.00. The van der Waals surface area contributed by atoms with Crippen molar-refractivity contribution in [2.45, 2.75) is 13.0 Å². The van der Waals surface area contributed by atoms with Crippen LogP contribution in [-0.2, 0) is 13.0 Å². The number of hydrogen-bond donors (Lipinski definition) is 0. The number of aromatic nitrogens is 2. The number of thiophene rings is 1. The van der Waals surface area contributed by atoms with Crippen molar-refractivity contribution in [1.29, 1.82) is 0 Å². The number of nitrogens with zero attached hydrogens (tertiary/aromatic N) is 3. The van der Waals surface area contributed by atoms with Crippen LogP contribution in [0.3, 0.4) is 0 Å². The predicted molar refractivity (Wildman–Crippen MR) is 83.5 cm³/mol. The van der Waals surface area contributed by atoms with Gasteiger partial charge >= 0.3 is 0 Å². The second kappa shape index (κ2) is 7.00. The highest BCUT2D eigenvalue weighted by Gasteiger charge is 2.19. The molecule has 0 aliphatic heterocycles. The van der Waals surface area contributed by atoms with E-state index in [9.17, 15) is 4.79 Å². The molecule has 0 N–H and O–H groups in total. The SMILES string of the molecule is O=C(c1ccno1)N(CCc1cccs1)Cc1cccnc1. The Bertz CT molecular complexity index is 696. The molecule has 0 fully saturated rings. The maximum atomic E-state index is 12.5. The molecule has 0 aromatic carbocycles. The van der Waals surface area contributed by atoms with E-state index in [0.717, 1.165) is 12.0 Å². The molecule has 6 heteroatoms. The predicted octanol–water partition coefficient (Wildman–Crippen LogP) is 3.02. The fourth-order valence-electron chi connectivity index (χ4n) is 2.15. The van der Waals surface area contributed by atoms with Crippen LogP contribution in [0.1, 0.15) is 21.0 Å². The van der Waals surface area contributed by atoms with E-state index in [0.29, 0.717) is 13.1 Å². The summed E-state index contributed by atoms with van der Waals surface area (Å²) in [6.07, 6.45) is 5.79. The molecule has 5 nitrogen and oxygen atoms in total. The molecular formula is C16H15N3O2S. The van der Waals surface area contributed by atoms with Gasteiger partial charge in [-0.1, -0.05) is 17.3 Å². The molecule has 0 spiro atoms. The molecule has 3 aromatic heterocycles. The Kier molecular flexibility index (Phi) is 4.60. The Morgan fingerprint density at radius 1 is 1.23 bits per heavy atom.